The second-order valence-corrected chi connectivity index (χ2v) is 3.45. The van der Waals surface area contributed by atoms with Gasteiger partial charge in [-0.25, -0.2) is 0 Å². The average molecular weight is 320 g/mol. The van der Waals surface area contributed by atoms with Crippen LogP contribution in [0, 0.1) is 0 Å². The molecule has 0 aromatic carbocycles. The number of aliphatic carboxylic acids is 1. The number of nitrogens with two attached hydrogens (primary N) is 2. The number of carboxylic acids is 1. The van der Waals surface area contributed by atoms with E-state index in [1.54, 1.807) is 0 Å². The summed E-state index contributed by atoms with van der Waals surface area (Å²) in [6.45, 7) is 0.604. The maximum atomic E-state index is 10.1. The molecular weight excluding hydrogens is 306 g/mol. The van der Waals surface area contributed by atoms with E-state index in [1.165, 1.54) is 0 Å². The van der Waals surface area contributed by atoms with Crippen LogP contribution in [0.5, 0.6) is 0 Å². The molecule has 0 aliphatic rings. The van der Waals surface area contributed by atoms with Crippen LogP contribution in [0.3, 0.4) is 0 Å². The molecule has 0 bridgehead atoms. The molecule has 0 aromatic heterocycles. The molecule has 0 amide bonds. The summed E-state index contributed by atoms with van der Waals surface area (Å²) >= 11 is 0. The van der Waals surface area contributed by atoms with E-state index in [1.807, 2.05) is 0 Å². The number of hydrogen-bond donors (Lipinski definition) is 3. The van der Waals surface area contributed by atoms with Gasteiger partial charge < -0.3 is 25.7 Å². The molecule has 1 atom stereocenters. The summed E-state index contributed by atoms with van der Waals surface area (Å²) in [7, 11) is -5.17. The molecule has 8 nitrogen and oxygen atoms in total. The Hall–Kier alpha value is 2.53. The standard InChI is InChI=1S/C6H14N2O2.2K.H2O4S/c7-4-2-1-3-5(8)6(9)10;;;1-5(2,3)4/h5H,1-4,7-8H2,(H,9,10);;;(H2,1,2,3,4)/q;2*+1;/p-2/t5-;;;/m0.../s1. The van der Waals surface area contributed by atoms with Crippen LogP contribution in [-0.4, -0.2) is 41.2 Å². The van der Waals surface area contributed by atoms with Crippen LogP contribution in [-0.2, 0) is 15.2 Å². The van der Waals surface area contributed by atoms with Crippen molar-refractivity contribution in [2.24, 2.45) is 11.5 Å². The summed E-state index contributed by atoms with van der Waals surface area (Å²) in [4.78, 5) is 10.1. The molecule has 92 valence electrons. The van der Waals surface area contributed by atoms with Crippen LogP contribution in [0.2, 0.25) is 0 Å². The number of carboxylic acid groups (broad SMARTS) is 1. The van der Waals surface area contributed by atoms with E-state index in [-0.39, 0.29) is 103 Å². The van der Waals surface area contributed by atoms with Crippen molar-refractivity contribution in [3.8, 4) is 0 Å². The number of carbonyl (C=O) groups is 1. The van der Waals surface area contributed by atoms with Crippen LogP contribution >= 0.6 is 0 Å². The molecule has 17 heavy (non-hydrogen) atoms. The molecule has 0 unspecified atom stereocenters. The number of unbranched alkanes of at least 4 members (excludes halogenated alkanes) is 1. The quantitative estimate of drug-likeness (QED) is 0.194. The molecule has 0 aliphatic carbocycles. The Kier molecular flexibility index (Phi) is 27.1. The van der Waals surface area contributed by atoms with Gasteiger partial charge in [0.25, 0.3) is 0 Å². The third kappa shape index (κ3) is 38.1. The second-order valence-electron chi connectivity index (χ2n) is 2.64. The minimum Gasteiger partial charge on any atom is -0.759 e. The minimum absolute atomic E-state index is 0. The fourth-order valence-electron chi connectivity index (χ4n) is 0.632. The molecule has 0 saturated carbocycles. The van der Waals surface area contributed by atoms with E-state index in [2.05, 4.69) is 0 Å². The van der Waals surface area contributed by atoms with Gasteiger partial charge in [0.1, 0.15) is 6.04 Å². The van der Waals surface area contributed by atoms with Crippen molar-refractivity contribution in [1.29, 1.82) is 0 Å². The molecule has 0 rings (SSSR count). The summed E-state index contributed by atoms with van der Waals surface area (Å²) in [6, 6.07) is -0.716. The Bertz CT molecular complexity index is 266. The predicted octanol–water partition coefficient (Wildman–Crippen LogP) is -7.80. The van der Waals surface area contributed by atoms with E-state index in [0.717, 1.165) is 12.8 Å². The van der Waals surface area contributed by atoms with Gasteiger partial charge in [-0.3, -0.25) is 13.2 Å². The normalized spacial score (nSPS) is 11.1. The summed E-state index contributed by atoms with van der Waals surface area (Å²) in [5.74, 6) is -0.933. The van der Waals surface area contributed by atoms with Crippen LogP contribution < -0.4 is 114 Å². The first-order valence-electron chi connectivity index (χ1n) is 4.03. The monoisotopic (exact) mass is 320 g/mol. The third-order valence-corrected chi connectivity index (χ3v) is 1.29. The Labute approximate surface area is 186 Å². The van der Waals surface area contributed by atoms with Gasteiger partial charge in [-0.1, -0.05) is 6.42 Å². The van der Waals surface area contributed by atoms with Gasteiger partial charge in [-0.2, -0.15) is 0 Å². The molecule has 0 aliphatic heterocycles. The van der Waals surface area contributed by atoms with Crippen LogP contribution in [0.25, 0.3) is 0 Å². The van der Waals surface area contributed by atoms with Gasteiger partial charge in [0.2, 0.25) is 0 Å². The summed E-state index contributed by atoms with van der Waals surface area (Å²) in [5, 5.41) is 8.33. The fourth-order valence-corrected chi connectivity index (χ4v) is 0.632. The zero-order valence-corrected chi connectivity index (χ0v) is 17.0. The molecule has 0 heterocycles. The molecule has 5 N–H and O–H groups in total. The van der Waals surface area contributed by atoms with Crippen LogP contribution in [0.1, 0.15) is 19.3 Å². The van der Waals surface area contributed by atoms with Crippen molar-refractivity contribution in [3.63, 3.8) is 0 Å². The molecular formula is C6H14K2N2O6S. The molecule has 0 fully saturated rings. The van der Waals surface area contributed by atoms with E-state index in [9.17, 15) is 4.79 Å². The maximum Gasteiger partial charge on any atom is 1.00 e. The number of rotatable bonds is 5. The van der Waals surface area contributed by atoms with Gasteiger partial charge in [-0.15, -0.1) is 0 Å². The topological polar surface area (TPSA) is 170 Å². The zero-order chi connectivity index (χ0) is 12.5. The van der Waals surface area contributed by atoms with Crippen LogP contribution in [0.15, 0.2) is 0 Å². The van der Waals surface area contributed by atoms with E-state index in [0.29, 0.717) is 13.0 Å². The summed E-state index contributed by atoms with van der Waals surface area (Å²) in [5.41, 5.74) is 10.4. The van der Waals surface area contributed by atoms with Crippen molar-refractivity contribution in [2.75, 3.05) is 6.54 Å². The molecule has 0 radical (unpaired) electrons. The predicted molar refractivity (Wildman–Crippen MR) is 49.0 cm³/mol. The van der Waals surface area contributed by atoms with Gasteiger partial charge in [-0.05, 0) is 19.4 Å². The fraction of sp³-hybridized carbons (Fsp3) is 0.833. The molecule has 0 aromatic rings. The van der Waals surface area contributed by atoms with E-state index < -0.39 is 22.4 Å². The van der Waals surface area contributed by atoms with Crippen molar-refractivity contribution >= 4 is 16.4 Å². The largest absolute Gasteiger partial charge is 1.00 e. The van der Waals surface area contributed by atoms with Crippen molar-refractivity contribution in [1.82, 2.24) is 0 Å². The SMILES string of the molecule is NCCCC[C@H](N)C(=O)O.O=S(=O)([O-])[O-].[K+].[K+]. The molecule has 0 saturated heterocycles. The second kappa shape index (κ2) is 16.6. The van der Waals surface area contributed by atoms with Crippen molar-refractivity contribution in [2.45, 2.75) is 25.3 Å². The first kappa shape index (κ1) is 27.8. The third-order valence-electron chi connectivity index (χ3n) is 1.29. The maximum absolute atomic E-state index is 10.1. The van der Waals surface area contributed by atoms with Gasteiger partial charge in [0.15, 0.2) is 0 Å². The Morgan fingerprint density at radius 3 is 1.82 bits per heavy atom. The Morgan fingerprint density at radius 1 is 1.24 bits per heavy atom. The number of hydrogen-bond acceptors (Lipinski definition) is 7. The molecule has 11 heteroatoms. The van der Waals surface area contributed by atoms with Crippen molar-refractivity contribution < 1.29 is 130 Å². The first-order valence-corrected chi connectivity index (χ1v) is 5.37. The van der Waals surface area contributed by atoms with Crippen molar-refractivity contribution in [3.05, 3.63) is 0 Å². The van der Waals surface area contributed by atoms with Gasteiger partial charge in [0, 0.05) is 10.4 Å². The average Bonchev–Trinajstić information content (AvgIpc) is 2.01. The van der Waals surface area contributed by atoms with Gasteiger partial charge >= 0.3 is 109 Å². The Balaban J connectivity index is -0.000000105. The van der Waals surface area contributed by atoms with E-state index >= 15 is 0 Å². The molecule has 0 spiro atoms. The van der Waals surface area contributed by atoms with E-state index in [4.69, 9.17) is 34.1 Å². The summed E-state index contributed by atoms with van der Waals surface area (Å²) in [6.07, 6.45) is 2.16. The summed E-state index contributed by atoms with van der Waals surface area (Å²) < 4.78 is 34.1. The Morgan fingerprint density at radius 2 is 1.59 bits per heavy atom. The smallest absolute Gasteiger partial charge is 0.759 e. The van der Waals surface area contributed by atoms with Crippen LogP contribution in [0.4, 0.5) is 0 Å². The minimum atomic E-state index is -5.17. The van der Waals surface area contributed by atoms with Gasteiger partial charge in [0.05, 0.1) is 0 Å². The zero-order valence-electron chi connectivity index (χ0n) is 9.96. The first-order chi connectivity index (χ1) is 6.68.